The highest BCUT2D eigenvalue weighted by atomic mass is 16.3. The molecule has 0 aromatic carbocycles. The molecule has 0 radical (unpaired) electrons. The van der Waals surface area contributed by atoms with Gasteiger partial charge in [-0.25, -0.2) is 0 Å². The monoisotopic (exact) mass is 256 g/mol. The third-order valence-electron chi connectivity index (χ3n) is 3.71. The van der Waals surface area contributed by atoms with Crippen molar-refractivity contribution in [3.05, 3.63) is 0 Å². The van der Waals surface area contributed by atoms with Gasteiger partial charge >= 0.3 is 0 Å². The molecule has 18 heavy (non-hydrogen) atoms. The van der Waals surface area contributed by atoms with Gasteiger partial charge in [0.2, 0.25) is 5.91 Å². The second kappa shape index (κ2) is 8.48. The molecular weight excluding hydrogens is 228 g/mol. The van der Waals surface area contributed by atoms with Crippen LogP contribution in [0.4, 0.5) is 0 Å². The molecule has 0 heterocycles. The number of hydrogen-bond acceptors (Lipinski definition) is 3. The first kappa shape index (κ1) is 15.4. The summed E-state index contributed by atoms with van der Waals surface area (Å²) in [5, 5.41) is 15.5. The molecule has 2 unspecified atom stereocenters. The SMILES string of the molecule is CC(C)CCNC(=O)CNC1CCCCC1CO. The average molecular weight is 256 g/mol. The largest absolute Gasteiger partial charge is 0.396 e. The predicted molar refractivity (Wildman–Crippen MR) is 73.3 cm³/mol. The Hall–Kier alpha value is -0.610. The maximum atomic E-state index is 11.6. The lowest BCUT2D eigenvalue weighted by Crippen LogP contribution is -2.45. The third kappa shape index (κ3) is 5.83. The third-order valence-corrected chi connectivity index (χ3v) is 3.71. The maximum Gasteiger partial charge on any atom is 0.233 e. The summed E-state index contributed by atoms with van der Waals surface area (Å²) >= 11 is 0. The van der Waals surface area contributed by atoms with Gasteiger partial charge in [-0.05, 0) is 31.1 Å². The predicted octanol–water partition coefficient (Wildman–Crippen LogP) is 1.29. The summed E-state index contributed by atoms with van der Waals surface area (Å²) in [6.45, 7) is 5.66. The second-order valence-electron chi connectivity index (χ2n) is 5.75. The highest BCUT2D eigenvalue weighted by Gasteiger charge is 2.24. The Bertz CT molecular complexity index is 244. The lowest BCUT2D eigenvalue weighted by Gasteiger charge is -2.30. The molecule has 0 bridgehead atoms. The molecule has 1 aliphatic rings. The highest BCUT2D eigenvalue weighted by molar-refractivity contribution is 5.77. The van der Waals surface area contributed by atoms with Crippen LogP contribution in [0.2, 0.25) is 0 Å². The number of amides is 1. The minimum absolute atomic E-state index is 0.0675. The fourth-order valence-electron chi connectivity index (χ4n) is 2.48. The number of nitrogens with one attached hydrogen (secondary N) is 2. The number of hydrogen-bond donors (Lipinski definition) is 3. The molecule has 0 aromatic heterocycles. The number of aliphatic hydroxyl groups is 1. The van der Waals surface area contributed by atoms with Gasteiger partial charge in [-0.15, -0.1) is 0 Å². The summed E-state index contributed by atoms with van der Waals surface area (Å²) in [5.41, 5.74) is 0. The summed E-state index contributed by atoms with van der Waals surface area (Å²) in [5.74, 6) is 1.01. The molecule has 4 heteroatoms. The van der Waals surface area contributed by atoms with E-state index in [-0.39, 0.29) is 12.5 Å². The van der Waals surface area contributed by atoms with Crippen LogP contribution in [-0.4, -0.2) is 36.8 Å². The van der Waals surface area contributed by atoms with E-state index in [1.807, 2.05) is 0 Å². The fraction of sp³-hybridized carbons (Fsp3) is 0.929. The Balaban J connectivity index is 2.16. The molecule has 1 aliphatic carbocycles. The van der Waals surface area contributed by atoms with E-state index in [1.165, 1.54) is 12.8 Å². The molecule has 1 fully saturated rings. The number of aliphatic hydroxyl groups excluding tert-OH is 1. The fourth-order valence-corrected chi connectivity index (χ4v) is 2.48. The summed E-state index contributed by atoms with van der Waals surface area (Å²) < 4.78 is 0. The van der Waals surface area contributed by atoms with E-state index >= 15 is 0 Å². The molecule has 0 aliphatic heterocycles. The maximum absolute atomic E-state index is 11.6. The molecule has 3 N–H and O–H groups in total. The van der Waals surface area contributed by atoms with Crippen molar-refractivity contribution in [2.45, 2.75) is 52.0 Å². The molecule has 0 aromatic rings. The first-order valence-electron chi connectivity index (χ1n) is 7.24. The molecule has 1 rings (SSSR count). The Morgan fingerprint density at radius 1 is 1.33 bits per heavy atom. The Morgan fingerprint density at radius 2 is 2.06 bits per heavy atom. The van der Waals surface area contributed by atoms with E-state index in [2.05, 4.69) is 24.5 Å². The number of rotatable bonds is 7. The quantitative estimate of drug-likeness (QED) is 0.643. The van der Waals surface area contributed by atoms with Crippen LogP contribution in [0.15, 0.2) is 0 Å². The van der Waals surface area contributed by atoms with Crippen LogP contribution in [0.1, 0.15) is 46.0 Å². The Kier molecular flexibility index (Phi) is 7.28. The van der Waals surface area contributed by atoms with Crippen LogP contribution in [0.3, 0.4) is 0 Å². The molecule has 2 atom stereocenters. The van der Waals surface area contributed by atoms with Crippen molar-refractivity contribution < 1.29 is 9.90 Å². The van der Waals surface area contributed by atoms with Crippen LogP contribution in [0.25, 0.3) is 0 Å². The van der Waals surface area contributed by atoms with Gasteiger partial charge in [0.05, 0.1) is 6.54 Å². The highest BCUT2D eigenvalue weighted by Crippen LogP contribution is 2.23. The van der Waals surface area contributed by atoms with Gasteiger partial charge in [-0.2, -0.15) is 0 Å². The van der Waals surface area contributed by atoms with Crippen LogP contribution in [0.5, 0.6) is 0 Å². The molecule has 0 saturated heterocycles. The van der Waals surface area contributed by atoms with E-state index in [9.17, 15) is 9.90 Å². The standard InChI is InChI=1S/C14H28N2O2/c1-11(2)7-8-15-14(18)9-16-13-6-4-3-5-12(13)10-17/h11-13,16-17H,3-10H2,1-2H3,(H,15,18). The van der Waals surface area contributed by atoms with Gasteiger partial charge in [-0.1, -0.05) is 26.7 Å². The smallest absolute Gasteiger partial charge is 0.233 e. The molecular formula is C14H28N2O2. The minimum Gasteiger partial charge on any atom is -0.396 e. The number of carbonyl (C=O) groups is 1. The summed E-state index contributed by atoms with van der Waals surface area (Å²) in [4.78, 5) is 11.6. The van der Waals surface area contributed by atoms with Crippen LogP contribution >= 0.6 is 0 Å². The first-order chi connectivity index (χ1) is 8.63. The van der Waals surface area contributed by atoms with E-state index in [0.717, 1.165) is 25.8 Å². The Labute approximate surface area is 111 Å². The zero-order chi connectivity index (χ0) is 13.4. The van der Waals surface area contributed by atoms with Crippen molar-refractivity contribution in [3.8, 4) is 0 Å². The van der Waals surface area contributed by atoms with Gasteiger partial charge < -0.3 is 15.7 Å². The molecule has 1 saturated carbocycles. The lowest BCUT2D eigenvalue weighted by atomic mass is 9.85. The zero-order valence-corrected chi connectivity index (χ0v) is 11.7. The normalized spacial score (nSPS) is 24.2. The summed E-state index contributed by atoms with van der Waals surface area (Å²) in [7, 11) is 0. The van der Waals surface area contributed by atoms with E-state index < -0.39 is 0 Å². The molecule has 4 nitrogen and oxygen atoms in total. The summed E-state index contributed by atoms with van der Waals surface area (Å²) in [6, 6.07) is 0.305. The van der Waals surface area contributed by atoms with Crippen LogP contribution in [0, 0.1) is 11.8 Å². The lowest BCUT2D eigenvalue weighted by molar-refractivity contribution is -0.120. The van der Waals surface area contributed by atoms with Crippen molar-refractivity contribution in [2.75, 3.05) is 19.7 Å². The van der Waals surface area contributed by atoms with E-state index in [0.29, 0.717) is 24.4 Å². The minimum atomic E-state index is 0.0675. The first-order valence-corrected chi connectivity index (χ1v) is 7.24. The van der Waals surface area contributed by atoms with Crippen molar-refractivity contribution in [3.63, 3.8) is 0 Å². The van der Waals surface area contributed by atoms with Crippen LogP contribution < -0.4 is 10.6 Å². The Morgan fingerprint density at radius 3 is 2.72 bits per heavy atom. The second-order valence-corrected chi connectivity index (χ2v) is 5.75. The topological polar surface area (TPSA) is 61.4 Å². The molecule has 0 spiro atoms. The van der Waals surface area contributed by atoms with Gasteiger partial charge in [0.25, 0.3) is 0 Å². The van der Waals surface area contributed by atoms with E-state index in [1.54, 1.807) is 0 Å². The molecule has 106 valence electrons. The van der Waals surface area contributed by atoms with Gasteiger partial charge in [-0.3, -0.25) is 4.79 Å². The van der Waals surface area contributed by atoms with Gasteiger partial charge in [0, 0.05) is 19.2 Å². The van der Waals surface area contributed by atoms with E-state index in [4.69, 9.17) is 0 Å². The molecule has 1 amide bonds. The van der Waals surface area contributed by atoms with Crippen molar-refractivity contribution in [1.82, 2.24) is 10.6 Å². The average Bonchev–Trinajstić information content (AvgIpc) is 2.36. The summed E-state index contributed by atoms with van der Waals surface area (Å²) in [6.07, 6.45) is 5.56. The van der Waals surface area contributed by atoms with Crippen LogP contribution in [-0.2, 0) is 4.79 Å². The zero-order valence-electron chi connectivity index (χ0n) is 11.7. The van der Waals surface area contributed by atoms with Crippen molar-refractivity contribution in [1.29, 1.82) is 0 Å². The van der Waals surface area contributed by atoms with Crippen molar-refractivity contribution >= 4 is 5.91 Å². The van der Waals surface area contributed by atoms with Gasteiger partial charge in [0.15, 0.2) is 0 Å². The van der Waals surface area contributed by atoms with Gasteiger partial charge in [0.1, 0.15) is 0 Å². The van der Waals surface area contributed by atoms with Crippen molar-refractivity contribution in [2.24, 2.45) is 11.8 Å². The number of carbonyl (C=O) groups excluding carboxylic acids is 1.